The second-order valence-electron chi connectivity index (χ2n) is 5.29. The third-order valence-corrected chi connectivity index (χ3v) is 3.60. The Balaban J connectivity index is 1.81. The van der Waals surface area contributed by atoms with Gasteiger partial charge in [0, 0.05) is 4.48 Å². The van der Waals surface area contributed by atoms with E-state index in [1.165, 1.54) is 6.21 Å². The average Bonchev–Trinajstić information content (AvgIpc) is 2.55. The van der Waals surface area contributed by atoms with Gasteiger partial charge in [-0.15, -0.1) is 0 Å². The molecule has 4 nitrogen and oxygen atoms in total. The van der Waals surface area contributed by atoms with Gasteiger partial charge in [-0.05, 0) is 53.0 Å². The van der Waals surface area contributed by atoms with Crippen LogP contribution in [0.15, 0.2) is 58.1 Å². The first-order valence-electron chi connectivity index (χ1n) is 7.49. The van der Waals surface area contributed by atoms with Crippen molar-refractivity contribution >= 4 is 34.1 Å². The van der Waals surface area contributed by atoms with Crippen molar-refractivity contribution in [2.24, 2.45) is 5.10 Å². The minimum atomic E-state index is -0.314. The Bertz CT molecular complexity index is 755. The van der Waals surface area contributed by atoms with E-state index in [1.54, 1.807) is 0 Å². The monoisotopic (exact) mass is 386 g/mol. The van der Waals surface area contributed by atoms with Gasteiger partial charge < -0.3 is 4.74 Å². The Labute approximate surface area is 150 Å². The SMILES string of the molecule is Cc1ccc(OCC(=O)N/N=C/C(Br)=C/c2ccccc2)c(C)c1. The van der Waals surface area contributed by atoms with Crippen LogP contribution in [-0.4, -0.2) is 18.7 Å². The van der Waals surface area contributed by atoms with E-state index in [1.807, 2.05) is 68.5 Å². The molecule has 0 spiro atoms. The topological polar surface area (TPSA) is 50.7 Å². The molecule has 2 aromatic carbocycles. The van der Waals surface area contributed by atoms with Gasteiger partial charge in [-0.1, -0.05) is 48.0 Å². The Morgan fingerprint density at radius 2 is 1.96 bits per heavy atom. The summed E-state index contributed by atoms with van der Waals surface area (Å²) in [4.78, 5) is 11.7. The number of hydrogen-bond donors (Lipinski definition) is 1. The number of aryl methyl sites for hydroxylation is 2. The van der Waals surface area contributed by atoms with Gasteiger partial charge in [0.25, 0.3) is 5.91 Å². The zero-order valence-electron chi connectivity index (χ0n) is 13.6. The second-order valence-corrected chi connectivity index (χ2v) is 6.21. The van der Waals surface area contributed by atoms with E-state index in [4.69, 9.17) is 4.74 Å². The highest BCUT2D eigenvalue weighted by Crippen LogP contribution is 2.18. The lowest BCUT2D eigenvalue weighted by molar-refractivity contribution is -0.123. The van der Waals surface area contributed by atoms with Crippen molar-refractivity contribution in [3.05, 3.63) is 69.7 Å². The van der Waals surface area contributed by atoms with E-state index in [9.17, 15) is 4.79 Å². The van der Waals surface area contributed by atoms with Crippen molar-refractivity contribution in [2.45, 2.75) is 13.8 Å². The maximum absolute atomic E-state index is 11.7. The van der Waals surface area contributed by atoms with Crippen LogP contribution in [-0.2, 0) is 4.79 Å². The summed E-state index contributed by atoms with van der Waals surface area (Å²) in [5.41, 5.74) is 5.63. The minimum Gasteiger partial charge on any atom is -0.483 e. The van der Waals surface area contributed by atoms with E-state index in [-0.39, 0.29) is 12.5 Å². The number of carbonyl (C=O) groups is 1. The fourth-order valence-corrected chi connectivity index (χ4v) is 2.42. The standard InChI is InChI=1S/C19H19BrN2O2/c1-14-8-9-18(15(2)10-14)24-13-19(23)22-21-12-17(20)11-16-6-4-3-5-7-16/h3-12H,13H2,1-2H3,(H,22,23)/b17-11-,21-12+. The summed E-state index contributed by atoms with van der Waals surface area (Å²) in [6, 6.07) is 15.6. The van der Waals surface area contributed by atoms with Crippen LogP contribution in [0.4, 0.5) is 0 Å². The number of nitrogens with one attached hydrogen (secondary N) is 1. The van der Waals surface area contributed by atoms with Gasteiger partial charge in [-0.3, -0.25) is 4.79 Å². The smallest absolute Gasteiger partial charge is 0.277 e. The van der Waals surface area contributed by atoms with Crippen molar-refractivity contribution in [1.82, 2.24) is 5.43 Å². The zero-order chi connectivity index (χ0) is 17.4. The molecular formula is C19H19BrN2O2. The summed E-state index contributed by atoms with van der Waals surface area (Å²) in [6.45, 7) is 3.88. The maximum Gasteiger partial charge on any atom is 0.277 e. The number of halogens is 1. The van der Waals surface area contributed by atoms with Crippen LogP contribution in [0.2, 0.25) is 0 Å². The molecule has 0 aliphatic rings. The molecule has 0 aliphatic heterocycles. The van der Waals surface area contributed by atoms with Gasteiger partial charge in [0.1, 0.15) is 5.75 Å². The molecule has 0 saturated heterocycles. The maximum atomic E-state index is 11.7. The number of rotatable bonds is 6. The molecule has 5 heteroatoms. The second kappa shape index (κ2) is 9.03. The molecule has 1 amide bonds. The van der Waals surface area contributed by atoms with E-state index in [0.717, 1.165) is 21.2 Å². The molecule has 0 fully saturated rings. The van der Waals surface area contributed by atoms with Crippen LogP contribution >= 0.6 is 15.9 Å². The summed E-state index contributed by atoms with van der Waals surface area (Å²) < 4.78 is 6.25. The number of nitrogens with zero attached hydrogens (tertiary/aromatic N) is 1. The predicted molar refractivity (Wildman–Crippen MR) is 101 cm³/mol. The number of benzene rings is 2. The van der Waals surface area contributed by atoms with Crippen LogP contribution in [0.5, 0.6) is 5.75 Å². The molecule has 0 radical (unpaired) electrons. The Kier molecular flexibility index (Phi) is 6.75. The number of hydrazone groups is 1. The molecule has 0 aromatic heterocycles. The molecule has 24 heavy (non-hydrogen) atoms. The number of allylic oxidation sites excluding steroid dienone is 1. The molecule has 2 rings (SSSR count). The van der Waals surface area contributed by atoms with Gasteiger partial charge in [0.2, 0.25) is 0 Å². The van der Waals surface area contributed by atoms with Crippen molar-refractivity contribution in [3.63, 3.8) is 0 Å². The van der Waals surface area contributed by atoms with Crippen LogP contribution in [0.1, 0.15) is 16.7 Å². The first-order valence-corrected chi connectivity index (χ1v) is 8.28. The summed E-state index contributed by atoms with van der Waals surface area (Å²) >= 11 is 3.39. The lowest BCUT2D eigenvalue weighted by Crippen LogP contribution is -2.24. The van der Waals surface area contributed by atoms with Crippen LogP contribution < -0.4 is 10.2 Å². The third-order valence-electron chi connectivity index (χ3n) is 3.17. The summed E-state index contributed by atoms with van der Waals surface area (Å²) in [5, 5.41) is 3.90. The highest BCUT2D eigenvalue weighted by atomic mass is 79.9. The lowest BCUT2D eigenvalue weighted by atomic mass is 10.1. The fourth-order valence-electron chi connectivity index (χ4n) is 2.05. The highest BCUT2D eigenvalue weighted by Gasteiger charge is 2.04. The number of hydrogen-bond acceptors (Lipinski definition) is 3. The minimum absolute atomic E-state index is 0.0821. The van der Waals surface area contributed by atoms with Gasteiger partial charge in [-0.2, -0.15) is 5.10 Å². The lowest BCUT2D eigenvalue weighted by Gasteiger charge is -2.08. The first-order chi connectivity index (χ1) is 11.5. The molecule has 0 heterocycles. The van der Waals surface area contributed by atoms with Crippen molar-refractivity contribution in [3.8, 4) is 5.75 Å². The van der Waals surface area contributed by atoms with Crippen LogP contribution in [0, 0.1) is 13.8 Å². The number of carbonyl (C=O) groups excluding carboxylic acids is 1. The van der Waals surface area contributed by atoms with Crippen LogP contribution in [0.25, 0.3) is 6.08 Å². The van der Waals surface area contributed by atoms with E-state index >= 15 is 0 Å². The van der Waals surface area contributed by atoms with E-state index in [2.05, 4.69) is 26.5 Å². The Morgan fingerprint density at radius 3 is 2.67 bits per heavy atom. The summed E-state index contributed by atoms with van der Waals surface area (Å²) in [5.74, 6) is 0.385. The molecule has 124 valence electrons. The van der Waals surface area contributed by atoms with Crippen LogP contribution in [0.3, 0.4) is 0 Å². The molecule has 2 aromatic rings. The van der Waals surface area contributed by atoms with Crippen molar-refractivity contribution < 1.29 is 9.53 Å². The zero-order valence-corrected chi connectivity index (χ0v) is 15.2. The molecule has 0 bridgehead atoms. The molecular weight excluding hydrogens is 368 g/mol. The molecule has 0 saturated carbocycles. The normalized spacial score (nSPS) is 11.5. The van der Waals surface area contributed by atoms with Crippen molar-refractivity contribution in [1.29, 1.82) is 0 Å². The average molecular weight is 387 g/mol. The van der Waals surface area contributed by atoms with Gasteiger partial charge >= 0.3 is 0 Å². The van der Waals surface area contributed by atoms with Crippen molar-refractivity contribution in [2.75, 3.05) is 6.61 Å². The van der Waals surface area contributed by atoms with Gasteiger partial charge in [0.05, 0.1) is 6.21 Å². The van der Waals surface area contributed by atoms with E-state index in [0.29, 0.717) is 5.75 Å². The summed E-state index contributed by atoms with van der Waals surface area (Å²) in [7, 11) is 0. The predicted octanol–water partition coefficient (Wildman–Crippen LogP) is 4.22. The Morgan fingerprint density at radius 1 is 1.21 bits per heavy atom. The first kappa shape index (κ1) is 17.9. The summed E-state index contributed by atoms with van der Waals surface area (Å²) in [6.07, 6.45) is 3.43. The largest absolute Gasteiger partial charge is 0.483 e. The molecule has 0 unspecified atom stereocenters. The number of ether oxygens (including phenoxy) is 1. The molecule has 1 N–H and O–H groups in total. The molecule has 0 aliphatic carbocycles. The van der Waals surface area contributed by atoms with E-state index < -0.39 is 0 Å². The van der Waals surface area contributed by atoms with Gasteiger partial charge in [0.15, 0.2) is 6.61 Å². The highest BCUT2D eigenvalue weighted by molar-refractivity contribution is 9.12. The quantitative estimate of drug-likeness (QED) is 0.596. The molecule has 0 atom stereocenters. The third kappa shape index (κ3) is 6.01. The Hall–Kier alpha value is -2.40. The fraction of sp³-hybridized carbons (Fsp3) is 0.158. The number of amides is 1. The van der Waals surface area contributed by atoms with Gasteiger partial charge in [-0.25, -0.2) is 5.43 Å².